The number of benzene rings is 1. The number of carbonyl (C=O) groups is 1. The van der Waals surface area contributed by atoms with Crippen LogP contribution in [0.2, 0.25) is 5.28 Å². The van der Waals surface area contributed by atoms with Crippen LogP contribution in [0.3, 0.4) is 0 Å². The molecule has 0 N–H and O–H groups in total. The maximum absolute atomic E-state index is 13.4. The minimum atomic E-state index is -1.02. The molecule has 0 fully saturated rings. The zero-order chi connectivity index (χ0) is 19.6. The van der Waals surface area contributed by atoms with Crippen LogP contribution in [0.25, 0.3) is 10.9 Å². The number of ether oxygens (including phenoxy) is 1. The average molecular weight is 515 g/mol. The first-order valence-electron chi connectivity index (χ1n) is 8.73. The molecular formula is C20H20ClIN2O2S. The molecule has 2 aromatic heterocycles. The molecule has 1 atom stereocenters. The fourth-order valence-electron chi connectivity index (χ4n) is 3.38. The first kappa shape index (κ1) is 20.5. The number of carbonyl (C=O) groups excluding carboxylic acids is 1. The van der Waals surface area contributed by atoms with Crippen molar-refractivity contribution in [1.82, 2.24) is 9.97 Å². The molecular weight excluding hydrogens is 495 g/mol. The monoisotopic (exact) mass is 514 g/mol. The van der Waals surface area contributed by atoms with Crippen molar-refractivity contribution in [3.05, 3.63) is 55.1 Å². The molecule has 3 aromatic rings. The van der Waals surface area contributed by atoms with Crippen molar-refractivity contribution >= 4 is 62.4 Å². The summed E-state index contributed by atoms with van der Waals surface area (Å²) in [6.07, 6.45) is 0.570. The van der Waals surface area contributed by atoms with E-state index in [0.717, 1.165) is 19.4 Å². The average Bonchev–Trinajstić information content (AvgIpc) is 3.14. The molecule has 1 unspecified atom stereocenters. The van der Waals surface area contributed by atoms with Gasteiger partial charge in [-0.05, 0) is 83.1 Å². The Labute approximate surface area is 181 Å². The molecule has 0 saturated carbocycles. The van der Waals surface area contributed by atoms with Crippen LogP contribution < -0.4 is 0 Å². The number of rotatable bonds is 6. The van der Waals surface area contributed by atoms with Crippen LogP contribution in [0.1, 0.15) is 37.8 Å². The van der Waals surface area contributed by atoms with Crippen LogP contribution in [0, 0.1) is 9.49 Å². The Bertz CT molecular complexity index is 962. The van der Waals surface area contributed by atoms with E-state index in [0.29, 0.717) is 18.7 Å². The van der Waals surface area contributed by atoms with Crippen molar-refractivity contribution in [3.63, 3.8) is 0 Å². The van der Waals surface area contributed by atoms with Crippen molar-refractivity contribution in [2.24, 2.45) is 5.92 Å². The Morgan fingerprint density at radius 3 is 2.74 bits per heavy atom. The van der Waals surface area contributed by atoms with E-state index in [1.165, 1.54) is 11.3 Å². The lowest BCUT2D eigenvalue weighted by molar-refractivity contribution is -0.149. The zero-order valence-corrected chi connectivity index (χ0v) is 19.1. The highest BCUT2D eigenvalue weighted by Crippen LogP contribution is 2.44. The summed E-state index contributed by atoms with van der Waals surface area (Å²) in [5.74, 6) is -0.0563. The Morgan fingerprint density at radius 2 is 2.11 bits per heavy atom. The molecule has 0 saturated heterocycles. The molecule has 0 aliphatic carbocycles. The van der Waals surface area contributed by atoms with Gasteiger partial charge in [0.15, 0.2) is 0 Å². The number of hydrogen-bond donors (Lipinski definition) is 0. The minimum absolute atomic E-state index is 0.132. The summed E-state index contributed by atoms with van der Waals surface area (Å²) in [6.45, 7) is 6.31. The first-order valence-corrected chi connectivity index (χ1v) is 11.1. The topological polar surface area (TPSA) is 52.1 Å². The molecule has 0 bridgehead atoms. The fourth-order valence-corrected chi connectivity index (χ4v) is 4.97. The molecule has 0 radical (unpaired) electrons. The van der Waals surface area contributed by atoms with Gasteiger partial charge in [0.25, 0.3) is 0 Å². The fraction of sp³-hybridized carbons (Fsp3) is 0.350. The Hall–Kier alpha value is -1.25. The second-order valence-electron chi connectivity index (χ2n) is 6.70. The smallest absolute Gasteiger partial charge is 0.323 e. The quantitative estimate of drug-likeness (QED) is 0.235. The molecule has 3 rings (SSSR count). The largest absolute Gasteiger partial charge is 0.465 e. The van der Waals surface area contributed by atoms with Crippen molar-refractivity contribution < 1.29 is 9.53 Å². The van der Waals surface area contributed by atoms with Gasteiger partial charge in [0.05, 0.1) is 17.8 Å². The number of hydrogen-bond acceptors (Lipinski definition) is 5. The molecule has 1 aromatic carbocycles. The molecule has 0 aliphatic heterocycles. The summed E-state index contributed by atoms with van der Waals surface area (Å²) >= 11 is 10.1. The van der Waals surface area contributed by atoms with Crippen LogP contribution in [0.4, 0.5) is 0 Å². The highest BCUT2D eigenvalue weighted by atomic mass is 127. The number of fused-ring (bicyclic) bond motifs is 1. The highest BCUT2D eigenvalue weighted by Gasteiger charge is 2.47. The molecule has 142 valence electrons. The lowest BCUT2D eigenvalue weighted by atomic mass is 9.74. The van der Waals surface area contributed by atoms with E-state index < -0.39 is 5.41 Å². The van der Waals surface area contributed by atoms with E-state index in [9.17, 15) is 4.79 Å². The number of esters is 1. The normalized spacial score (nSPS) is 13.7. The molecule has 0 spiro atoms. The van der Waals surface area contributed by atoms with E-state index in [-0.39, 0.29) is 17.2 Å². The van der Waals surface area contributed by atoms with Gasteiger partial charge in [-0.2, -0.15) is 0 Å². The van der Waals surface area contributed by atoms with Gasteiger partial charge in [-0.3, -0.25) is 4.79 Å². The van der Waals surface area contributed by atoms with Gasteiger partial charge < -0.3 is 4.74 Å². The Kier molecular flexibility index (Phi) is 6.38. The highest BCUT2D eigenvalue weighted by molar-refractivity contribution is 14.1. The van der Waals surface area contributed by atoms with Crippen molar-refractivity contribution in [2.45, 2.75) is 32.6 Å². The summed E-state index contributed by atoms with van der Waals surface area (Å²) in [7, 11) is 0. The second-order valence-corrected chi connectivity index (χ2v) is 9.24. The summed E-state index contributed by atoms with van der Waals surface area (Å²) in [6, 6.07) is 9.80. The first-order chi connectivity index (χ1) is 12.9. The number of halogens is 2. The number of aromatic nitrogens is 2. The summed E-state index contributed by atoms with van der Waals surface area (Å²) in [4.78, 5) is 23.3. The van der Waals surface area contributed by atoms with Crippen LogP contribution in [-0.4, -0.2) is 22.5 Å². The van der Waals surface area contributed by atoms with Crippen molar-refractivity contribution in [1.29, 1.82) is 0 Å². The zero-order valence-electron chi connectivity index (χ0n) is 15.3. The third-order valence-corrected chi connectivity index (χ3v) is 6.19. The van der Waals surface area contributed by atoms with Gasteiger partial charge in [-0.25, -0.2) is 9.97 Å². The van der Waals surface area contributed by atoms with Crippen LogP contribution in [0.15, 0.2) is 35.7 Å². The van der Waals surface area contributed by atoms with Gasteiger partial charge >= 0.3 is 5.97 Å². The standard InChI is InChI=1S/C20H20ClIN2O2S/c1-4-26-18(25)20(11-12(2)3,16-6-5-9-27-16)17-14-10-13(22)7-8-15(14)23-19(21)24-17/h5-10,12H,4,11H2,1-3H3. The Morgan fingerprint density at radius 1 is 1.33 bits per heavy atom. The van der Waals surface area contributed by atoms with E-state index in [1.54, 1.807) is 0 Å². The second kappa shape index (κ2) is 8.41. The molecule has 7 heteroatoms. The molecule has 2 heterocycles. The predicted octanol–water partition coefficient (Wildman–Crippen LogP) is 5.84. The predicted molar refractivity (Wildman–Crippen MR) is 118 cm³/mol. The van der Waals surface area contributed by atoms with Crippen LogP contribution in [-0.2, 0) is 14.9 Å². The molecule has 0 amide bonds. The summed E-state index contributed by atoms with van der Waals surface area (Å²) in [5, 5.41) is 2.93. The number of thiophene rings is 1. The maximum Gasteiger partial charge on any atom is 0.323 e. The van der Waals surface area contributed by atoms with Crippen molar-refractivity contribution in [3.8, 4) is 0 Å². The van der Waals surface area contributed by atoms with E-state index in [2.05, 4.69) is 46.4 Å². The third kappa shape index (κ3) is 3.98. The minimum Gasteiger partial charge on any atom is -0.465 e. The summed E-state index contributed by atoms with van der Waals surface area (Å²) in [5.41, 5.74) is 0.318. The SMILES string of the molecule is CCOC(=O)C(CC(C)C)(c1cccs1)c1nc(Cl)nc2ccc(I)cc12. The van der Waals surface area contributed by atoms with Gasteiger partial charge in [-0.1, -0.05) is 19.9 Å². The molecule has 4 nitrogen and oxygen atoms in total. The Balaban J connectivity index is 2.42. The number of nitrogens with zero attached hydrogens (tertiary/aromatic N) is 2. The lowest BCUT2D eigenvalue weighted by Gasteiger charge is -2.32. The van der Waals surface area contributed by atoms with Gasteiger partial charge in [-0.15, -0.1) is 11.3 Å². The van der Waals surface area contributed by atoms with E-state index in [4.69, 9.17) is 16.3 Å². The molecule has 27 heavy (non-hydrogen) atoms. The molecule has 0 aliphatic rings. The van der Waals surface area contributed by atoms with Crippen LogP contribution in [0.5, 0.6) is 0 Å². The van der Waals surface area contributed by atoms with Crippen LogP contribution >= 0.6 is 45.5 Å². The maximum atomic E-state index is 13.4. The van der Waals surface area contributed by atoms with Gasteiger partial charge in [0.2, 0.25) is 5.28 Å². The summed E-state index contributed by atoms with van der Waals surface area (Å²) < 4.78 is 6.61. The van der Waals surface area contributed by atoms with Gasteiger partial charge in [0, 0.05) is 13.8 Å². The van der Waals surface area contributed by atoms with Gasteiger partial charge in [0.1, 0.15) is 5.41 Å². The van der Waals surface area contributed by atoms with E-state index >= 15 is 0 Å². The van der Waals surface area contributed by atoms with E-state index in [1.807, 2.05) is 42.6 Å². The third-order valence-electron chi connectivity index (χ3n) is 4.31. The van der Waals surface area contributed by atoms with Crippen molar-refractivity contribution in [2.75, 3.05) is 6.61 Å². The lowest BCUT2D eigenvalue weighted by Crippen LogP contribution is -2.40.